The molecule has 2 N–H and O–H groups in total. The summed E-state index contributed by atoms with van der Waals surface area (Å²) in [7, 11) is 3.51. The monoisotopic (exact) mass is 501 g/mol. The molecule has 3 unspecified atom stereocenters. The number of nitrogens with one attached hydrogen (secondary N) is 2. The second-order valence-electron chi connectivity index (χ2n) is 7.80. The van der Waals surface area contributed by atoms with Crippen molar-refractivity contribution in [3.63, 3.8) is 0 Å². The normalized spacial score (nSPS) is 26.8. The van der Waals surface area contributed by atoms with Gasteiger partial charge in [0.2, 0.25) is 0 Å². The highest BCUT2D eigenvalue weighted by atomic mass is 127. The van der Waals surface area contributed by atoms with Gasteiger partial charge >= 0.3 is 0 Å². The van der Waals surface area contributed by atoms with E-state index in [1.165, 1.54) is 19.3 Å². The number of hydrogen-bond donors (Lipinski definition) is 2. The van der Waals surface area contributed by atoms with Crippen molar-refractivity contribution >= 4 is 29.9 Å². The highest BCUT2D eigenvalue weighted by molar-refractivity contribution is 14.0. The molecule has 2 bridgehead atoms. The largest absolute Gasteiger partial charge is 0.493 e. The zero-order chi connectivity index (χ0) is 18.6. The van der Waals surface area contributed by atoms with Crippen LogP contribution >= 0.6 is 24.0 Å². The maximum atomic E-state index is 6.12. The molecule has 156 valence electrons. The SMILES string of the molecule is CN=C(NCc1ccc(OC2CCCC2)c(OC)c1)NC1CC2CCC1O2.I. The van der Waals surface area contributed by atoms with Crippen molar-refractivity contribution in [1.82, 2.24) is 10.6 Å². The molecule has 4 rings (SSSR count). The highest BCUT2D eigenvalue weighted by Gasteiger charge is 2.41. The topological polar surface area (TPSA) is 64.1 Å². The van der Waals surface area contributed by atoms with Gasteiger partial charge in [0.1, 0.15) is 0 Å². The molecule has 2 heterocycles. The first-order valence-corrected chi connectivity index (χ1v) is 10.2. The molecule has 3 fully saturated rings. The fourth-order valence-corrected chi connectivity index (χ4v) is 4.45. The van der Waals surface area contributed by atoms with Crippen LogP contribution in [0.5, 0.6) is 11.5 Å². The third-order valence-corrected chi connectivity index (χ3v) is 5.94. The van der Waals surface area contributed by atoms with E-state index in [0.29, 0.717) is 30.9 Å². The van der Waals surface area contributed by atoms with E-state index in [-0.39, 0.29) is 24.0 Å². The van der Waals surface area contributed by atoms with E-state index in [0.717, 1.165) is 48.7 Å². The predicted molar refractivity (Wildman–Crippen MR) is 121 cm³/mol. The summed E-state index contributed by atoms with van der Waals surface area (Å²) in [6.45, 7) is 0.682. The summed E-state index contributed by atoms with van der Waals surface area (Å²) in [6.07, 6.45) is 9.32. The summed E-state index contributed by atoms with van der Waals surface area (Å²) in [4.78, 5) is 4.36. The molecule has 0 spiro atoms. The molecule has 1 aromatic carbocycles. The van der Waals surface area contributed by atoms with Crippen LogP contribution in [0, 0.1) is 0 Å². The molecule has 3 atom stereocenters. The molecule has 0 radical (unpaired) electrons. The van der Waals surface area contributed by atoms with E-state index in [1.807, 2.05) is 19.2 Å². The molecule has 1 aliphatic carbocycles. The van der Waals surface area contributed by atoms with Gasteiger partial charge in [-0.1, -0.05) is 6.07 Å². The van der Waals surface area contributed by atoms with E-state index in [2.05, 4.69) is 21.7 Å². The minimum Gasteiger partial charge on any atom is -0.493 e. The zero-order valence-electron chi connectivity index (χ0n) is 16.8. The lowest BCUT2D eigenvalue weighted by Gasteiger charge is -2.23. The number of benzene rings is 1. The molecule has 28 heavy (non-hydrogen) atoms. The predicted octanol–water partition coefficient (Wildman–Crippen LogP) is 3.62. The Morgan fingerprint density at radius 2 is 2.00 bits per heavy atom. The highest BCUT2D eigenvalue weighted by Crippen LogP contribution is 2.34. The molecule has 2 saturated heterocycles. The number of nitrogens with zero attached hydrogens (tertiary/aromatic N) is 1. The van der Waals surface area contributed by atoms with Gasteiger partial charge in [0.05, 0.1) is 31.5 Å². The summed E-state index contributed by atoms with van der Waals surface area (Å²) in [5, 5.41) is 6.92. The molecule has 3 aliphatic rings. The molecule has 6 nitrogen and oxygen atoms in total. The number of hydrogen-bond acceptors (Lipinski definition) is 4. The van der Waals surface area contributed by atoms with E-state index >= 15 is 0 Å². The first kappa shape index (κ1) is 21.5. The summed E-state index contributed by atoms with van der Waals surface area (Å²) in [5.41, 5.74) is 1.14. The Hall–Kier alpha value is -1.22. The van der Waals surface area contributed by atoms with Crippen molar-refractivity contribution in [2.24, 2.45) is 4.99 Å². The summed E-state index contributed by atoms with van der Waals surface area (Å²) in [6, 6.07) is 6.53. The Balaban J connectivity index is 0.00000225. The van der Waals surface area contributed by atoms with Crippen LogP contribution in [0.25, 0.3) is 0 Å². The lowest BCUT2D eigenvalue weighted by molar-refractivity contribution is 0.0992. The van der Waals surface area contributed by atoms with Crippen LogP contribution in [-0.2, 0) is 11.3 Å². The van der Waals surface area contributed by atoms with Crippen molar-refractivity contribution in [2.45, 2.75) is 75.8 Å². The maximum absolute atomic E-state index is 6.12. The Labute approximate surface area is 184 Å². The Morgan fingerprint density at radius 3 is 2.64 bits per heavy atom. The van der Waals surface area contributed by atoms with Crippen LogP contribution in [0.15, 0.2) is 23.2 Å². The van der Waals surface area contributed by atoms with Gasteiger partial charge in [-0.05, 0) is 62.6 Å². The second kappa shape index (κ2) is 10.0. The molecule has 7 heteroatoms. The van der Waals surface area contributed by atoms with Gasteiger partial charge in [-0.15, -0.1) is 24.0 Å². The van der Waals surface area contributed by atoms with Gasteiger partial charge in [-0.2, -0.15) is 0 Å². The summed E-state index contributed by atoms with van der Waals surface area (Å²) < 4.78 is 17.6. The smallest absolute Gasteiger partial charge is 0.191 e. The van der Waals surface area contributed by atoms with E-state index in [1.54, 1.807) is 7.11 Å². The van der Waals surface area contributed by atoms with Gasteiger partial charge < -0.3 is 24.8 Å². The molecule has 2 aliphatic heterocycles. The summed E-state index contributed by atoms with van der Waals surface area (Å²) in [5.74, 6) is 2.46. The lowest BCUT2D eigenvalue weighted by Crippen LogP contribution is -2.47. The van der Waals surface area contributed by atoms with Gasteiger partial charge in [-0.25, -0.2) is 0 Å². The second-order valence-corrected chi connectivity index (χ2v) is 7.80. The third-order valence-electron chi connectivity index (χ3n) is 5.94. The van der Waals surface area contributed by atoms with Gasteiger partial charge in [-0.3, -0.25) is 4.99 Å². The Kier molecular flexibility index (Phi) is 7.68. The van der Waals surface area contributed by atoms with Crippen LogP contribution in [0.4, 0.5) is 0 Å². The number of fused-ring (bicyclic) bond motifs is 2. The van der Waals surface area contributed by atoms with Crippen molar-refractivity contribution in [1.29, 1.82) is 0 Å². The average molecular weight is 501 g/mol. The first-order valence-electron chi connectivity index (χ1n) is 10.2. The summed E-state index contributed by atoms with van der Waals surface area (Å²) >= 11 is 0. The fourth-order valence-electron chi connectivity index (χ4n) is 4.45. The van der Waals surface area contributed by atoms with Crippen LogP contribution in [0.2, 0.25) is 0 Å². The molecule has 0 aromatic heterocycles. The van der Waals surface area contributed by atoms with E-state index in [9.17, 15) is 0 Å². The maximum Gasteiger partial charge on any atom is 0.191 e. The van der Waals surface area contributed by atoms with Gasteiger partial charge in [0.15, 0.2) is 17.5 Å². The van der Waals surface area contributed by atoms with Crippen LogP contribution in [-0.4, -0.2) is 44.5 Å². The lowest BCUT2D eigenvalue weighted by atomic mass is 9.96. The van der Waals surface area contributed by atoms with Crippen molar-refractivity contribution < 1.29 is 14.2 Å². The van der Waals surface area contributed by atoms with Crippen LogP contribution < -0.4 is 20.1 Å². The quantitative estimate of drug-likeness (QED) is 0.354. The van der Waals surface area contributed by atoms with Crippen molar-refractivity contribution in [3.8, 4) is 11.5 Å². The number of rotatable bonds is 6. The third kappa shape index (κ3) is 5.03. The van der Waals surface area contributed by atoms with E-state index < -0.39 is 0 Å². The molecule has 0 amide bonds. The zero-order valence-corrected chi connectivity index (χ0v) is 19.1. The van der Waals surface area contributed by atoms with Crippen LogP contribution in [0.3, 0.4) is 0 Å². The molecular weight excluding hydrogens is 469 g/mol. The van der Waals surface area contributed by atoms with E-state index in [4.69, 9.17) is 14.2 Å². The van der Waals surface area contributed by atoms with Gasteiger partial charge in [0.25, 0.3) is 0 Å². The minimum absolute atomic E-state index is 0. The van der Waals surface area contributed by atoms with Gasteiger partial charge in [0, 0.05) is 13.6 Å². The number of halogens is 1. The number of guanidine groups is 1. The molecule has 1 aromatic rings. The molecule has 1 saturated carbocycles. The Bertz CT molecular complexity index is 679. The average Bonchev–Trinajstić information content (AvgIpc) is 3.44. The van der Waals surface area contributed by atoms with Crippen molar-refractivity contribution in [3.05, 3.63) is 23.8 Å². The first-order chi connectivity index (χ1) is 13.2. The number of ether oxygens (including phenoxy) is 3. The fraction of sp³-hybridized carbons (Fsp3) is 0.667. The van der Waals surface area contributed by atoms with Crippen molar-refractivity contribution in [2.75, 3.05) is 14.2 Å². The number of methoxy groups -OCH3 is 1. The number of aliphatic imine (C=N–C) groups is 1. The minimum atomic E-state index is 0. The molecular formula is C21H32IN3O3. The Morgan fingerprint density at radius 1 is 1.18 bits per heavy atom. The van der Waals surface area contributed by atoms with Crippen LogP contribution in [0.1, 0.15) is 50.5 Å². The standard InChI is InChI=1S/C21H31N3O3.HI/c1-22-21(24-17-12-16-8-10-18(17)27-16)23-13-14-7-9-19(20(11-14)25-2)26-15-5-3-4-6-15;/h7,9,11,15-18H,3-6,8,10,12-13H2,1-2H3,(H2,22,23,24);1H.